The Morgan fingerprint density at radius 3 is 1.60 bits per heavy atom. The van der Waals surface area contributed by atoms with Crippen molar-refractivity contribution in [3.8, 4) is 0 Å². The van der Waals surface area contributed by atoms with Gasteiger partial charge >= 0.3 is 40.0 Å². The van der Waals surface area contributed by atoms with Crippen LogP contribution in [0.3, 0.4) is 0 Å². The van der Waals surface area contributed by atoms with Gasteiger partial charge in [0.15, 0.2) is 0 Å². The van der Waals surface area contributed by atoms with Crippen molar-refractivity contribution in [1.82, 2.24) is 0 Å². The van der Waals surface area contributed by atoms with Crippen molar-refractivity contribution in [2.75, 3.05) is 6.61 Å². The average Bonchev–Trinajstić information content (AvgIpc) is 1.61. The molecule has 3 N–H and O–H groups in total. The van der Waals surface area contributed by atoms with E-state index in [9.17, 15) is 0 Å². The Kier molecular flexibility index (Phi) is 16.7. The van der Waals surface area contributed by atoms with Gasteiger partial charge in [0, 0.05) is 0 Å². The van der Waals surface area contributed by atoms with E-state index in [0.717, 1.165) is 0 Å². The normalized spacial score (nSPS) is 8.80. The summed E-state index contributed by atoms with van der Waals surface area (Å²) in [5.41, 5.74) is 0. The summed E-state index contributed by atoms with van der Waals surface area (Å²) in [7, 11) is -4.67. The van der Waals surface area contributed by atoms with Crippen LogP contribution in [0.5, 0.6) is 0 Å². The van der Waals surface area contributed by atoms with Crippen molar-refractivity contribution in [1.29, 1.82) is 0 Å². The minimum atomic E-state index is -4.67. The van der Waals surface area contributed by atoms with E-state index in [-0.39, 0.29) is 31.0 Å². The van der Waals surface area contributed by atoms with E-state index in [1.807, 2.05) is 0 Å². The van der Waals surface area contributed by atoms with Crippen LogP contribution in [0.2, 0.25) is 0 Å². The molecule has 0 heterocycles. The minimum Gasteiger partial charge on any atom is -1.00 e. The maximum atomic E-state index is 8.74. The van der Waals surface area contributed by atoms with Gasteiger partial charge < -0.3 is 1.43 Å². The molecule has 0 aliphatic rings. The first-order valence-corrected chi connectivity index (χ1v) is 3.27. The van der Waals surface area contributed by atoms with Gasteiger partial charge in [0.25, 0.3) is 0 Å². The van der Waals surface area contributed by atoms with E-state index in [1.54, 1.807) is 6.92 Å². The van der Waals surface area contributed by atoms with Gasteiger partial charge in [-0.15, -0.1) is 0 Å². The van der Waals surface area contributed by atoms with Gasteiger partial charge in [-0.05, 0) is 6.92 Å². The molecular formula is C2H9NaO6S. The largest absolute Gasteiger partial charge is 1.00 e. The molecule has 0 aliphatic carbocycles. The van der Waals surface area contributed by atoms with Gasteiger partial charge in [-0.2, -0.15) is 8.42 Å². The molecule has 0 fully saturated rings. The Labute approximate surface area is 82.5 Å². The van der Waals surface area contributed by atoms with E-state index < -0.39 is 10.4 Å². The van der Waals surface area contributed by atoms with Crippen LogP contribution in [0.15, 0.2) is 0 Å². The zero-order valence-electron chi connectivity index (χ0n) is 6.68. The van der Waals surface area contributed by atoms with Crippen LogP contribution in [0.1, 0.15) is 8.35 Å². The SMILES string of the molecule is CCOO.O=S(=O)(O)O.[H-].[Na+]. The molecule has 0 saturated heterocycles. The van der Waals surface area contributed by atoms with E-state index in [2.05, 4.69) is 4.89 Å². The van der Waals surface area contributed by atoms with Gasteiger partial charge in [-0.1, -0.05) is 0 Å². The summed E-state index contributed by atoms with van der Waals surface area (Å²) in [6, 6.07) is 0. The molecule has 0 aromatic rings. The summed E-state index contributed by atoms with van der Waals surface area (Å²) in [6.45, 7) is 2.08. The molecule has 0 radical (unpaired) electrons. The number of hydrogen-bond acceptors (Lipinski definition) is 4. The summed E-state index contributed by atoms with van der Waals surface area (Å²) in [5, 5.41) is 7.38. The second kappa shape index (κ2) is 9.79. The molecule has 0 atom stereocenters. The Hall–Kier alpha value is 0.790. The topological polar surface area (TPSA) is 104 Å². The zero-order valence-corrected chi connectivity index (χ0v) is 8.50. The molecule has 0 aliphatic heterocycles. The van der Waals surface area contributed by atoms with E-state index >= 15 is 0 Å². The fourth-order valence-electron chi connectivity index (χ4n) is 0. The third-order valence-electron chi connectivity index (χ3n) is 0.129. The Balaban J connectivity index is -0.0000000383. The molecule has 8 heteroatoms. The molecule has 0 aromatic heterocycles. The Morgan fingerprint density at radius 1 is 1.50 bits per heavy atom. The fourth-order valence-corrected chi connectivity index (χ4v) is 0. The quantitative estimate of drug-likeness (QED) is 0.173. The predicted octanol–water partition coefficient (Wildman–Crippen LogP) is -3.04. The van der Waals surface area contributed by atoms with Crippen LogP contribution in [0.25, 0.3) is 0 Å². The molecule has 0 saturated carbocycles. The van der Waals surface area contributed by atoms with Crippen LogP contribution in [0, 0.1) is 0 Å². The molecule has 60 valence electrons. The van der Waals surface area contributed by atoms with Crippen molar-refractivity contribution < 1.29 is 58.7 Å². The Bertz CT molecular complexity index is 124. The fraction of sp³-hybridized carbons (Fsp3) is 1.00. The number of rotatable bonds is 1. The third kappa shape index (κ3) is 166. The van der Waals surface area contributed by atoms with Gasteiger partial charge in [-0.3, -0.25) is 14.4 Å². The van der Waals surface area contributed by atoms with E-state index in [0.29, 0.717) is 6.61 Å². The monoisotopic (exact) mass is 184 g/mol. The van der Waals surface area contributed by atoms with Gasteiger partial charge in [0.2, 0.25) is 0 Å². The maximum Gasteiger partial charge on any atom is 1.00 e. The third-order valence-corrected chi connectivity index (χ3v) is 0.129. The van der Waals surface area contributed by atoms with Crippen molar-refractivity contribution in [3.63, 3.8) is 0 Å². The standard InChI is InChI=1S/C2H6O2.Na.H2O4S.H/c1-2-4-3;;1-5(2,3)4;/h3H,2H2,1H3;;(H2,1,2,3,4);/q;+1;;-1. The number of hydrogen-bond donors (Lipinski definition) is 3. The van der Waals surface area contributed by atoms with Crippen LogP contribution >= 0.6 is 0 Å². The van der Waals surface area contributed by atoms with Crippen molar-refractivity contribution >= 4 is 10.4 Å². The molecule has 0 spiro atoms. The first-order chi connectivity index (χ1) is 3.91. The summed E-state index contributed by atoms with van der Waals surface area (Å²) in [6.07, 6.45) is 0. The second-order valence-corrected chi connectivity index (χ2v) is 1.76. The summed E-state index contributed by atoms with van der Waals surface area (Å²) < 4.78 is 31.6. The van der Waals surface area contributed by atoms with Crippen LogP contribution < -0.4 is 29.6 Å². The van der Waals surface area contributed by atoms with Gasteiger partial charge in [0.1, 0.15) is 0 Å². The van der Waals surface area contributed by atoms with E-state index in [1.165, 1.54) is 0 Å². The van der Waals surface area contributed by atoms with Crippen LogP contribution in [-0.4, -0.2) is 29.4 Å². The van der Waals surface area contributed by atoms with Crippen molar-refractivity contribution in [2.45, 2.75) is 6.92 Å². The minimum absolute atomic E-state index is 0. The smallest absolute Gasteiger partial charge is 1.00 e. The molecule has 6 nitrogen and oxygen atoms in total. The van der Waals surface area contributed by atoms with Crippen LogP contribution in [0.4, 0.5) is 0 Å². The van der Waals surface area contributed by atoms with Gasteiger partial charge in [0.05, 0.1) is 6.61 Å². The summed E-state index contributed by atoms with van der Waals surface area (Å²) in [5.74, 6) is 0. The summed E-state index contributed by atoms with van der Waals surface area (Å²) in [4.78, 5) is 3.54. The molecular weight excluding hydrogens is 175 g/mol. The molecule has 10 heavy (non-hydrogen) atoms. The first-order valence-electron chi connectivity index (χ1n) is 1.88. The van der Waals surface area contributed by atoms with Crippen molar-refractivity contribution in [3.05, 3.63) is 0 Å². The molecule has 0 aromatic carbocycles. The molecule has 0 amide bonds. The first kappa shape index (κ1) is 17.0. The van der Waals surface area contributed by atoms with Crippen molar-refractivity contribution in [2.24, 2.45) is 0 Å². The average molecular weight is 184 g/mol. The molecule has 0 rings (SSSR count). The molecule has 0 unspecified atom stereocenters. The summed E-state index contributed by atoms with van der Waals surface area (Å²) >= 11 is 0. The predicted molar refractivity (Wildman–Crippen MR) is 29.5 cm³/mol. The maximum absolute atomic E-state index is 8.74. The Morgan fingerprint density at radius 2 is 1.60 bits per heavy atom. The second-order valence-electron chi connectivity index (χ2n) is 0.866. The van der Waals surface area contributed by atoms with E-state index in [4.69, 9.17) is 22.8 Å². The molecule has 0 bridgehead atoms. The van der Waals surface area contributed by atoms with Crippen LogP contribution in [-0.2, 0) is 15.3 Å². The zero-order chi connectivity index (χ0) is 7.91. The van der Waals surface area contributed by atoms with Gasteiger partial charge in [-0.25, -0.2) is 4.89 Å².